The van der Waals surface area contributed by atoms with E-state index in [4.69, 9.17) is 9.88 Å². The Bertz CT molecular complexity index is 1230. The quantitative estimate of drug-likeness (QED) is 0.682. The molecular weight excluding hydrogens is 398 g/mol. The summed E-state index contributed by atoms with van der Waals surface area (Å²) in [6.07, 6.45) is 3.73. The van der Waals surface area contributed by atoms with Crippen LogP contribution < -0.4 is 9.88 Å². The van der Waals surface area contributed by atoms with Crippen molar-refractivity contribution >= 4 is 21.6 Å². The number of primary sulfonamides is 1. The average Bonchev–Trinajstić information content (AvgIpc) is 2.72. The molecule has 30 heavy (non-hydrogen) atoms. The minimum absolute atomic E-state index is 0.0502. The van der Waals surface area contributed by atoms with Crippen LogP contribution in [0.2, 0.25) is 0 Å². The van der Waals surface area contributed by atoms with Crippen LogP contribution in [0.1, 0.15) is 24.0 Å². The van der Waals surface area contributed by atoms with Crippen LogP contribution in [-0.4, -0.2) is 14.2 Å². The van der Waals surface area contributed by atoms with Gasteiger partial charge in [-0.25, -0.2) is 13.6 Å². The Labute approximate surface area is 175 Å². The molecule has 2 N–H and O–H groups in total. The van der Waals surface area contributed by atoms with Gasteiger partial charge >= 0.3 is 0 Å². The molecule has 0 fully saturated rings. The summed E-state index contributed by atoms with van der Waals surface area (Å²) in [6, 6.07) is 21.8. The highest BCUT2D eigenvalue weighted by molar-refractivity contribution is 7.89. The van der Waals surface area contributed by atoms with Gasteiger partial charge in [-0.05, 0) is 53.8 Å². The molecule has 152 valence electrons. The van der Waals surface area contributed by atoms with E-state index < -0.39 is 10.0 Å². The normalized spacial score (nSPS) is 14.3. The smallest absolute Gasteiger partial charge is 0.238 e. The molecule has 0 amide bonds. The molecule has 0 bridgehead atoms. The van der Waals surface area contributed by atoms with Crippen molar-refractivity contribution < 1.29 is 17.9 Å². The van der Waals surface area contributed by atoms with E-state index in [1.807, 2.05) is 42.5 Å². The number of hydrogen-bond donors (Lipinski definition) is 1. The first-order valence-electron chi connectivity index (χ1n) is 9.64. The molecule has 0 spiro atoms. The lowest BCUT2D eigenvalue weighted by Gasteiger charge is -2.17. The highest BCUT2D eigenvalue weighted by atomic mass is 32.2. The predicted octanol–water partition coefficient (Wildman–Crippen LogP) is 4.33. The van der Waals surface area contributed by atoms with Crippen LogP contribution >= 0.6 is 0 Å². The van der Waals surface area contributed by atoms with Crippen molar-refractivity contribution in [2.75, 3.05) is 0 Å². The molecule has 6 heteroatoms. The number of carbonyl (C=O) groups is 1. The molecule has 1 aliphatic carbocycles. The lowest BCUT2D eigenvalue weighted by atomic mass is 9.96. The average molecular weight is 420 g/mol. The molecule has 5 nitrogen and oxygen atoms in total. The molecule has 0 saturated carbocycles. The van der Waals surface area contributed by atoms with Gasteiger partial charge < -0.3 is 4.74 Å². The number of carbonyl (C=O) groups excluding carboxylic acids is 1. The number of sulfonamides is 1. The van der Waals surface area contributed by atoms with Gasteiger partial charge in [0, 0.05) is 18.1 Å². The van der Waals surface area contributed by atoms with Crippen LogP contribution in [0.15, 0.2) is 83.8 Å². The van der Waals surface area contributed by atoms with E-state index >= 15 is 0 Å². The summed E-state index contributed by atoms with van der Waals surface area (Å²) in [6.45, 7) is 0. The highest BCUT2D eigenvalue weighted by Gasteiger charge is 2.16. The molecule has 0 atom stereocenters. The van der Waals surface area contributed by atoms with E-state index in [0.29, 0.717) is 17.9 Å². The standard InChI is InChI=1S/C24H21NO4S/c25-30(27,28)22-13-11-17(12-14-22)19-7-4-9-21(15-19)29-24-16-20(26)8-3-6-18-5-1-2-10-23(18)24/h1-2,4-5,7,9-16H,3,6,8H2,(H2,25,27,28). The Morgan fingerprint density at radius 3 is 2.37 bits per heavy atom. The van der Waals surface area contributed by atoms with Gasteiger partial charge in [-0.2, -0.15) is 0 Å². The Morgan fingerprint density at radius 2 is 1.60 bits per heavy atom. The van der Waals surface area contributed by atoms with Crippen LogP contribution in [0.3, 0.4) is 0 Å². The molecule has 0 unspecified atom stereocenters. The Balaban J connectivity index is 1.66. The van der Waals surface area contributed by atoms with E-state index in [1.165, 1.54) is 12.1 Å². The minimum Gasteiger partial charge on any atom is -0.457 e. The number of aryl methyl sites for hydroxylation is 1. The van der Waals surface area contributed by atoms with E-state index in [-0.39, 0.29) is 10.7 Å². The number of nitrogens with two attached hydrogens (primary N) is 1. The van der Waals surface area contributed by atoms with Gasteiger partial charge in [-0.3, -0.25) is 4.79 Å². The van der Waals surface area contributed by atoms with Crippen molar-refractivity contribution in [3.05, 3.63) is 90.0 Å². The Morgan fingerprint density at radius 1 is 0.833 bits per heavy atom. The maximum atomic E-state index is 12.2. The highest BCUT2D eigenvalue weighted by Crippen LogP contribution is 2.30. The summed E-state index contributed by atoms with van der Waals surface area (Å²) in [7, 11) is -3.73. The van der Waals surface area contributed by atoms with Gasteiger partial charge in [-0.15, -0.1) is 0 Å². The first-order valence-corrected chi connectivity index (χ1v) is 11.2. The minimum atomic E-state index is -3.73. The SMILES string of the molecule is NS(=O)(=O)c1ccc(-c2cccc(OC3=CC(=O)CCCc4ccccc43)c2)cc1. The molecule has 3 aromatic carbocycles. The zero-order valence-corrected chi connectivity index (χ0v) is 17.1. The predicted molar refractivity (Wildman–Crippen MR) is 116 cm³/mol. The summed E-state index contributed by atoms with van der Waals surface area (Å²) in [5.74, 6) is 1.18. The van der Waals surface area contributed by atoms with Gasteiger partial charge in [-0.1, -0.05) is 48.5 Å². The molecule has 3 aromatic rings. The molecule has 0 saturated heterocycles. The molecule has 0 aromatic heterocycles. The van der Waals surface area contributed by atoms with E-state index in [1.54, 1.807) is 18.2 Å². The van der Waals surface area contributed by atoms with Crippen molar-refractivity contribution in [2.24, 2.45) is 5.14 Å². The third kappa shape index (κ3) is 4.50. The van der Waals surface area contributed by atoms with Gasteiger partial charge in [0.1, 0.15) is 11.5 Å². The maximum Gasteiger partial charge on any atom is 0.238 e. The number of hydrogen-bond acceptors (Lipinski definition) is 4. The second-order valence-corrected chi connectivity index (χ2v) is 8.75. The molecular formula is C24H21NO4S. The summed E-state index contributed by atoms with van der Waals surface area (Å²) in [4.78, 5) is 12.3. The Kier molecular flexibility index (Phi) is 5.53. The van der Waals surface area contributed by atoms with E-state index in [0.717, 1.165) is 35.1 Å². The van der Waals surface area contributed by atoms with Crippen LogP contribution in [0.5, 0.6) is 5.75 Å². The van der Waals surface area contributed by atoms with E-state index in [9.17, 15) is 13.2 Å². The summed E-state index contributed by atoms with van der Waals surface area (Å²) in [5.41, 5.74) is 3.77. The lowest BCUT2D eigenvalue weighted by molar-refractivity contribution is -0.114. The molecule has 0 aliphatic heterocycles. The summed E-state index contributed by atoms with van der Waals surface area (Å²) in [5, 5.41) is 5.17. The second-order valence-electron chi connectivity index (χ2n) is 7.18. The number of fused-ring (bicyclic) bond motifs is 1. The molecule has 0 radical (unpaired) electrons. The van der Waals surface area contributed by atoms with Crippen molar-refractivity contribution in [1.82, 2.24) is 0 Å². The molecule has 4 rings (SSSR count). The maximum absolute atomic E-state index is 12.2. The second kappa shape index (κ2) is 8.26. The number of benzene rings is 3. The van der Waals surface area contributed by atoms with Gasteiger partial charge in [0.25, 0.3) is 0 Å². The number of ether oxygens (including phenoxy) is 1. The van der Waals surface area contributed by atoms with Crippen molar-refractivity contribution in [3.63, 3.8) is 0 Å². The van der Waals surface area contributed by atoms with Crippen LogP contribution in [0.4, 0.5) is 0 Å². The van der Waals surface area contributed by atoms with Gasteiger partial charge in [0.05, 0.1) is 4.90 Å². The van der Waals surface area contributed by atoms with Gasteiger partial charge in [0.2, 0.25) is 10.0 Å². The molecule has 1 aliphatic rings. The largest absolute Gasteiger partial charge is 0.457 e. The fraction of sp³-hybridized carbons (Fsp3) is 0.125. The fourth-order valence-electron chi connectivity index (χ4n) is 3.52. The summed E-state index contributed by atoms with van der Waals surface area (Å²) < 4.78 is 29.1. The van der Waals surface area contributed by atoms with E-state index in [2.05, 4.69) is 6.07 Å². The number of allylic oxidation sites excluding steroid dienone is 1. The van der Waals surface area contributed by atoms with Crippen molar-refractivity contribution in [3.8, 4) is 16.9 Å². The molecule has 0 heterocycles. The first kappa shape index (κ1) is 20.1. The fourth-order valence-corrected chi connectivity index (χ4v) is 4.03. The topological polar surface area (TPSA) is 86.5 Å². The van der Waals surface area contributed by atoms with Crippen LogP contribution in [0.25, 0.3) is 16.9 Å². The van der Waals surface area contributed by atoms with Crippen LogP contribution in [-0.2, 0) is 21.2 Å². The third-order valence-corrected chi connectivity index (χ3v) is 5.95. The van der Waals surface area contributed by atoms with Crippen molar-refractivity contribution in [2.45, 2.75) is 24.2 Å². The first-order chi connectivity index (χ1) is 14.4. The zero-order valence-electron chi connectivity index (χ0n) is 16.2. The van der Waals surface area contributed by atoms with Crippen LogP contribution in [0, 0.1) is 0 Å². The third-order valence-electron chi connectivity index (χ3n) is 5.02. The van der Waals surface area contributed by atoms with Gasteiger partial charge in [0.15, 0.2) is 5.78 Å². The number of rotatable bonds is 4. The monoisotopic (exact) mass is 419 g/mol. The van der Waals surface area contributed by atoms with Crippen molar-refractivity contribution in [1.29, 1.82) is 0 Å². The number of ketones is 1. The lowest BCUT2D eigenvalue weighted by Crippen LogP contribution is -2.11. The summed E-state index contributed by atoms with van der Waals surface area (Å²) >= 11 is 0. The zero-order chi connectivity index (χ0) is 21.1. The Hall–Kier alpha value is -3.22.